The van der Waals surface area contributed by atoms with Crippen molar-refractivity contribution in [3.8, 4) is 0 Å². The Morgan fingerprint density at radius 3 is 2.47 bits per heavy atom. The third kappa shape index (κ3) is 2.68. The van der Waals surface area contributed by atoms with Crippen LogP contribution in [-0.4, -0.2) is 30.1 Å². The van der Waals surface area contributed by atoms with Crippen molar-refractivity contribution in [1.29, 1.82) is 0 Å². The van der Waals surface area contributed by atoms with Crippen LogP contribution in [0.25, 0.3) is 0 Å². The molecule has 1 atom stereocenters. The molecule has 0 aromatic rings. The van der Waals surface area contributed by atoms with Gasteiger partial charge in [0.05, 0.1) is 0 Å². The fourth-order valence-electron chi connectivity index (χ4n) is 4.05. The van der Waals surface area contributed by atoms with Gasteiger partial charge in [0.2, 0.25) is 0 Å². The van der Waals surface area contributed by atoms with Crippen molar-refractivity contribution in [3.63, 3.8) is 0 Å². The SMILES string of the molecule is CC1CC(CN)(N2CCCC(C(C)C)CC2)C1. The summed E-state index contributed by atoms with van der Waals surface area (Å²) in [5.74, 6) is 2.68. The van der Waals surface area contributed by atoms with Gasteiger partial charge in [-0.25, -0.2) is 0 Å². The van der Waals surface area contributed by atoms with E-state index in [2.05, 4.69) is 25.7 Å². The highest BCUT2D eigenvalue weighted by Crippen LogP contribution is 2.43. The van der Waals surface area contributed by atoms with E-state index >= 15 is 0 Å². The van der Waals surface area contributed by atoms with E-state index < -0.39 is 0 Å². The van der Waals surface area contributed by atoms with Crippen molar-refractivity contribution in [2.75, 3.05) is 19.6 Å². The molecule has 0 bridgehead atoms. The van der Waals surface area contributed by atoms with Crippen molar-refractivity contribution in [3.05, 3.63) is 0 Å². The first-order valence-corrected chi connectivity index (χ1v) is 7.52. The summed E-state index contributed by atoms with van der Waals surface area (Å²) in [6, 6.07) is 0. The number of hydrogen-bond donors (Lipinski definition) is 1. The Hall–Kier alpha value is -0.0800. The highest BCUT2D eigenvalue weighted by molar-refractivity contribution is 5.02. The summed E-state index contributed by atoms with van der Waals surface area (Å²) in [5.41, 5.74) is 6.45. The van der Waals surface area contributed by atoms with Crippen molar-refractivity contribution < 1.29 is 0 Å². The summed E-state index contributed by atoms with van der Waals surface area (Å²) in [6.07, 6.45) is 6.84. The Morgan fingerprint density at radius 2 is 1.94 bits per heavy atom. The fraction of sp³-hybridized carbons (Fsp3) is 1.00. The van der Waals surface area contributed by atoms with Crippen molar-refractivity contribution in [1.82, 2.24) is 4.90 Å². The molecule has 17 heavy (non-hydrogen) atoms. The van der Waals surface area contributed by atoms with Crippen LogP contribution in [0.4, 0.5) is 0 Å². The zero-order chi connectivity index (χ0) is 12.5. The maximum absolute atomic E-state index is 6.07. The van der Waals surface area contributed by atoms with Crippen LogP contribution in [-0.2, 0) is 0 Å². The van der Waals surface area contributed by atoms with Gasteiger partial charge in [-0.15, -0.1) is 0 Å². The van der Waals surface area contributed by atoms with Gasteiger partial charge in [-0.1, -0.05) is 20.8 Å². The van der Waals surface area contributed by atoms with Gasteiger partial charge in [0.1, 0.15) is 0 Å². The smallest absolute Gasteiger partial charge is 0.0336 e. The molecule has 1 unspecified atom stereocenters. The summed E-state index contributed by atoms with van der Waals surface area (Å²) in [7, 11) is 0. The van der Waals surface area contributed by atoms with Crippen LogP contribution >= 0.6 is 0 Å². The number of nitrogens with two attached hydrogens (primary N) is 1. The third-order valence-corrected chi connectivity index (χ3v) is 5.22. The molecular formula is C15H30N2. The van der Waals surface area contributed by atoms with Gasteiger partial charge in [-0.3, -0.25) is 4.90 Å². The zero-order valence-corrected chi connectivity index (χ0v) is 11.9. The monoisotopic (exact) mass is 238 g/mol. The van der Waals surface area contributed by atoms with Crippen LogP contribution in [0, 0.1) is 17.8 Å². The quantitative estimate of drug-likeness (QED) is 0.819. The van der Waals surface area contributed by atoms with E-state index in [-0.39, 0.29) is 0 Å². The Labute approximate surface area is 107 Å². The first kappa shape index (κ1) is 13.4. The lowest BCUT2D eigenvalue weighted by molar-refractivity contribution is -0.0114. The molecule has 0 aromatic carbocycles. The predicted octanol–water partition coefficient (Wildman–Crippen LogP) is 2.87. The number of nitrogens with zero attached hydrogens (tertiary/aromatic N) is 1. The summed E-state index contributed by atoms with van der Waals surface area (Å²) in [6.45, 7) is 10.6. The maximum Gasteiger partial charge on any atom is 0.0336 e. The number of rotatable bonds is 3. The van der Waals surface area contributed by atoms with Crippen LogP contribution in [0.1, 0.15) is 52.9 Å². The molecule has 2 nitrogen and oxygen atoms in total. The highest BCUT2D eigenvalue weighted by Gasteiger charge is 2.45. The molecule has 1 aliphatic carbocycles. The molecule has 2 N–H and O–H groups in total. The van der Waals surface area contributed by atoms with Crippen LogP contribution in [0.5, 0.6) is 0 Å². The molecule has 2 aliphatic rings. The van der Waals surface area contributed by atoms with Gasteiger partial charge >= 0.3 is 0 Å². The lowest BCUT2D eigenvalue weighted by atomic mass is 9.68. The van der Waals surface area contributed by atoms with E-state index in [1.54, 1.807) is 0 Å². The maximum atomic E-state index is 6.07. The van der Waals surface area contributed by atoms with E-state index in [0.29, 0.717) is 5.54 Å². The second-order valence-electron chi connectivity index (χ2n) is 6.86. The van der Waals surface area contributed by atoms with E-state index in [1.807, 2.05) is 0 Å². The highest BCUT2D eigenvalue weighted by atomic mass is 15.2. The van der Waals surface area contributed by atoms with Crippen LogP contribution in [0.3, 0.4) is 0 Å². The molecule has 0 aromatic heterocycles. The van der Waals surface area contributed by atoms with Crippen LogP contribution < -0.4 is 5.73 Å². The van der Waals surface area contributed by atoms with Gasteiger partial charge < -0.3 is 5.73 Å². The Morgan fingerprint density at radius 1 is 1.24 bits per heavy atom. The summed E-state index contributed by atoms with van der Waals surface area (Å²) >= 11 is 0. The average molecular weight is 238 g/mol. The normalized spacial score (nSPS) is 40.1. The number of likely N-dealkylation sites (tertiary alicyclic amines) is 1. The molecule has 1 saturated carbocycles. The third-order valence-electron chi connectivity index (χ3n) is 5.22. The van der Waals surface area contributed by atoms with Gasteiger partial charge in [-0.2, -0.15) is 0 Å². The van der Waals surface area contributed by atoms with Crippen molar-refractivity contribution in [2.24, 2.45) is 23.5 Å². The lowest BCUT2D eigenvalue weighted by Gasteiger charge is -2.53. The van der Waals surface area contributed by atoms with Gasteiger partial charge in [0.25, 0.3) is 0 Å². The van der Waals surface area contributed by atoms with E-state index in [9.17, 15) is 0 Å². The van der Waals surface area contributed by atoms with E-state index in [4.69, 9.17) is 5.73 Å². The van der Waals surface area contributed by atoms with E-state index in [1.165, 1.54) is 45.2 Å². The lowest BCUT2D eigenvalue weighted by Crippen LogP contribution is -2.61. The first-order chi connectivity index (χ1) is 8.07. The Balaban J connectivity index is 1.94. The average Bonchev–Trinajstić information content (AvgIpc) is 2.50. The Kier molecular flexibility index (Phi) is 4.14. The minimum atomic E-state index is 0.380. The predicted molar refractivity (Wildman–Crippen MR) is 73.9 cm³/mol. The molecule has 2 fully saturated rings. The fourth-order valence-corrected chi connectivity index (χ4v) is 4.05. The molecule has 0 radical (unpaired) electrons. The van der Waals surface area contributed by atoms with Crippen molar-refractivity contribution >= 4 is 0 Å². The van der Waals surface area contributed by atoms with Crippen molar-refractivity contribution in [2.45, 2.75) is 58.4 Å². The molecule has 2 heteroatoms. The Bertz CT molecular complexity index is 243. The zero-order valence-electron chi connectivity index (χ0n) is 11.9. The summed E-state index contributed by atoms with van der Waals surface area (Å²) in [4.78, 5) is 2.73. The second-order valence-corrected chi connectivity index (χ2v) is 6.86. The standard InChI is InChI=1S/C15H30N2/c1-12(2)14-5-4-7-17(8-6-14)15(11-16)9-13(3)10-15/h12-14H,4-11,16H2,1-3H3. The molecule has 1 saturated heterocycles. The molecular weight excluding hydrogens is 208 g/mol. The largest absolute Gasteiger partial charge is 0.329 e. The molecule has 100 valence electrons. The molecule has 2 rings (SSSR count). The van der Waals surface area contributed by atoms with E-state index in [0.717, 1.165) is 24.3 Å². The second kappa shape index (κ2) is 5.27. The number of hydrogen-bond acceptors (Lipinski definition) is 2. The van der Waals surface area contributed by atoms with Gasteiger partial charge in [0, 0.05) is 12.1 Å². The minimum Gasteiger partial charge on any atom is -0.329 e. The first-order valence-electron chi connectivity index (χ1n) is 7.52. The van der Waals surface area contributed by atoms with Gasteiger partial charge in [-0.05, 0) is 62.9 Å². The van der Waals surface area contributed by atoms with Crippen LogP contribution in [0.15, 0.2) is 0 Å². The summed E-state index contributed by atoms with van der Waals surface area (Å²) < 4.78 is 0. The summed E-state index contributed by atoms with van der Waals surface area (Å²) in [5, 5.41) is 0. The topological polar surface area (TPSA) is 29.3 Å². The van der Waals surface area contributed by atoms with Gasteiger partial charge in [0.15, 0.2) is 0 Å². The van der Waals surface area contributed by atoms with Crippen LogP contribution in [0.2, 0.25) is 0 Å². The molecule has 1 heterocycles. The molecule has 0 spiro atoms. The minimum absolute atomic E-state index is 0.380. The molecule has 0 amide bonds. The molecule has 1 aliphatic heterocycles.